The number of unbranched alkanes of at least 4 members (excludes halogenated alkanes) is 13. The Labute approximate surface area is 345 Å². The molecule has 11 heteroatoms. The predicted molar refractivity (Wildman–Crippen MR) is 233 cm³/mol. The quantitative estimate of drug-likeness (QED) is 0.0180. The largest absolute Gasteiger partial charge is 0.472 e. The van der Waals surface area contributed by atoms with Crippen LogP contribution in [0.15, 0.2) is 85.1 Å². The lowest BCUT2D eigenvalue weighted by Gasteiger charge is -2.20. The zero-order valence-electron chi connectivity index (χ0n) is 35.3. The van der Waals surface area contributed by atoms with Gasteiger partial charge in [0.15, 0.2) is 6.10 Å². The van der Waals surface area contributed by atoms with E-state index in [1.54, 1.807) is 0 Å². The molecule has 0 aliphatic rings. The third-order valence-electron chi connectivity index (χ3n) is 8.59. The maximum Gasteiger partial charge on any atom is 0.472 e. The molecule has 2 unspecified atom stereocenters. The molecule has 0 amide bonds. The number of aliphatic hydroxyl groups is 2. The summed E-state index contributed by atoms with van der Waals surface area (Å²) >= 11 is 0. The summed E-state index contributed by atoms with van der Waals surface area (Å²) in [5.41, 5.74) is 0. The summed E-state index contributed by atoms with van der Waals surface area (Å²) in [6, 6.07) is 0. The molecule has 0 radical (unpaired) electrons. The Kier molecular flexibility index (Phi) is 39.2. The maximum absolute atomic E-state index is 12.6. The van der Waals surface area contributed by atoms with Gasteiger partial charge in [-0.15, -0.1) is 0 Å². The van der Waals surface area contributed by atoms with Crippen LogP contribution < -0.4 is 0 Å². The minimum atomic E-state index is -4.63. The Morgan fingerprint density at radius 3 is 1.60 bits per heavy atom. The number of allylic oxidation sites excluding steroid dienone is 14. The first-order valence-electron chi connectivity index (χ1n) is 21.6. The average Bonchev–Trinajstić information content (AvgIpc) is 3.20. The highest BCUT2D eigenvalue weighted by molar-refractivity contribution is 7.47. The van der Waals surface area contributed by atoms with Gasteiger partial charge in [0.1, 0.15) is 12.7 Å². The lowest BCUT2D eigenvalue weighted by Crippen LogP contribution is -2.29. The minimum absolute atomic E-state index is 0.152. The van der Waals surface area contributed by atoms with Gasteiger partial charge in [0.05, 0.1) is 19.8 Å². The topological polar surface area (TPSA) is 149 Å². The molecular weight excluding hydrogens is 743 g/mol. The molecule has 0 saturated carbocycles. The van der Waals surface area contributed by atoms with Crippen molar-refractivity contribution >= 4 is 19.8 Å². The van der Waals surface area contributed by atoms with Gasteiger partial charge in [-0.1, -0.05) is 150 Å². The summed E-state index contributed by atoms with van der Waals surface area (Å²) in [6.07, 6.45) is 48.3. The predicted octanol–water partition coefficient (Wildman–Crippen LogP) is 11.4. The summed E-state index contributed by atoms with van der Waals surface area (Å²) in [5.74, 6) is -0.979. The summed E-state index contributed by atoms with van der Waals surface area (Å²) in [6.45, 7) is 2.15. The van der Waals surface area contributed by atoms with Gasteiger partial charge in [-0.3, -0.25) is 18.6 Å². The number of hydrogen-bond donors (Lipinski definition) is 3. The number of phosphoric ester groups is 1. The van der Waals surface area contributed by atoms with Crippen molar-refractivity contribution in [1.82, 2.24) is 0 Å². The third-order valence-corrected chi connectivity index (χ3v) is 9.55. The fraction of sp³-hybridized carbons (Fsp3) is 0.652. The molecule has 10 nitrogen and oxygen atoms in total. The van der Waals surface area contributed by atoms with Crippen molar-refractivity contribution in [1.29, 1.82) is 0 Å². The van der Waals surface area contributed by atoms with Gasteiger partial charge in [0.2, 0.25) is 0 Å². The molecule has 0 bridgehead atoms. The van der Waals surface area contributed by atoms with Crippen LogP contribution in [0.5, 0.6) is 0 Å². The van der Waals surface area contributed by atoms with Crippen LogP contribution in [0.3, 0.4) is 0 Å². The molecular formula is C46H77O10P. The lowest BCUT2D eigenvalue weighted by molar-refractivity contribution is -0.161. The summed E-state index contributed by atoms with van der Waals surface area (Å²) in [4.78, 5) is 35.0. The Morgan fingerprint density at radius 1 is 0.561 bits per heavy atom. The fourth-order valence-corrected chi connectivity index (χ4v) is 6.06. The average molecular weight is 821 g/mol. The number of aliphatic hydroxyl groups excluding tert-OH is 2. The van der Waals surface area contributed by atoms with E-state index >= 15 is 0 Å². The van der Waals surface area contributed by atoms with Gasteiger partial charge in [-0.25, -0.2) is 4.57 Å². The Balaban J connectivity index is 4.34. The number of carbonyl (C=O) groups is 2. The normalized spacial score (nSPS) is 14.7. The Morgan fingerprint density at radius 2 is 1.04 bits per heavy atom. The molecule has 0 spiro atoms. The van der Waals surface area contributed by atoms with Crippen LogP contribution >= 0.6 is 7.82 Å². The molecule has 0 fully saturated rings. The number of hydrogen-bond acceptors (Lipinski definition) is 9. The molecule has 0 aliphatic carbocycles. The molecule has 0 aromatic heterocycles. The molecule has 0 rings (SSSR count). The molecule has 57 heavy (non-hydrogen) atoms. The summed E-state index contributed by atoms with van der Waals surface area (Å²) in [5, 5.41) is 18.3. The van der Waals surface area contributed by atoms with Crippen molar-refractivity contribution < 1.29 is 47.8 Å². The van der Waals surface area contributed by atoms with Crippen molar-refractivity contribution in [3.63, 3.8) is 0 Å². The highest BCUT2D eigenvalue weighted by Gasteiger charge is 2.27. The molecule has 0 aliphatic heterocycles. The van der Waals surface area contributed by atoms with E-state index in [0.29, 0.717) is 12.8 Å². The smallest absolute Gasteiger partial charge is 0.462 e. The second kappa shape index (κ2) is 41.3. The molecule has 326 valence electrons. The van der Waals surface area contributed by atoms with E-state index in [9.17, 15) is 24.2 Å². The van der Waals surface area contributed by atoms with Gasteiger partial charge < -0.3 is 24.6 Å². The zero-order valence-corrected chi connectivity index (χ0v) is 36.2. The highest BCUT2D eigenvalue weighted by atomic mass is 31.2. The van der Waals surface area contributed by atoms with Crippen LogP contribution in [0.4, 0.5) is 0 Å². The van der Waals surface area contributed by atoms with E-state index in [4.69, 9.17) is 19.1 Å². The molecule has 0 saturated heterocycles. The van der Waals surface area contributed by atoms with Crippen LogP contribution in [-0.2, 0) is 32.7 Å². The van der Waals surface area contributed by atoms with Crippen molar-refractivity contribution in [2.75, 3.05) is 26.4 Å². The number of esters is 2. The monoisotopic (exact) mass is 821 g/mol. The first kappa shape index (κ1) is 54.2. The van der Waals surface area contributed by atoms with Crippen LogP contribution in [-0.4, -0.2) is 65.7 Å². The number of carbonyl (C=O) groups excluding carboxylic acids is 2. The van der Waals surface area contributed by atoms with Gasteiger partial charge >= 0.3 is 19.8 Å². The van der Waals surface area contributed by atoms with Gasteiger partial charge in [-0.2, -0.15) is 0 Å². The molecule has 0 aromatic carbocycles. The number of phosphoric acid groups is 1. The first-order chi connectivity index (χ1) is 27.7. The third kappa shape index (κ3) is 41.1. The van der Waals surface area contributed by atoms with Gasteiger partial charge in [0, 0.05) is 12.8 Å². The van der Waals surface area contributed by atoms with Crippen molar-refractivity contribution in [2.45, 2.75) is 167 Å². The standard InChI is InChI=1S/C46H77O10P/c1-3-5-7-9-11-13-15-17-18-19-20-21-22-23-24-26-27-29-31-33-35-37-45(49)53-41-44(42-55-57(51,52)54-40-43(48)39-47)56-46(50)38-36-34-32-30-28-25-16-14-12-10-8-6-4-2/h6,8,10-14,16-18,20-21,23-24,43-44,47-48H,3-5,7,9,15,19,22,25-42H2,1-2H3,(H,51,52)/b8-6+,12-10+,13-11+,16-14+,18-17+,21-20+,24-23+/t43-,44?/m1/s1. The van der Waals surface area contributed by atoms with Crippen LogP contribution in [0.1, 0.15) is 155 Å². The van der Waals surface area contributed by atoms with E-state index in [1.807, 2.05) is 24.3 Å². The molecule has 3 atom stereocenters. The van der Waals surface area contributed by atoms with Crippen molar-refractivity contribution in [3.8, 4) is 0 Å². The van der Waals surface area contributed by atoms with Crippen LogP contribution in [0, 0.1) is 0 Å². The first-order valence-corrected chi connectivity index (χ1v) is 23.1. The zero-order chi connectivity index (χ0) is 41.9. The Hall–Kier alpha value is -2.85. The fourth-order valence-electron chi connectivity index (χ4n) is 5.27. The molecule has 0 heterocycles. The van der Waals surface area contributed by atoms with Crippen LogP contribution in [0.25, 0.3) is 0 Å². The van der Waals surface area contributed by atoms with E-state index in [1.165, 1.54) is 25.7 Å². The van der Waals surface area contributed by atoms with E-state index < -0.39 is 51.8 Å². The van der Waals surface area contributed by atoms with Gasteiger partial charge in [-0.05, 0) is 77.0 Å². The van der Waals surface area contributed by atoms with Crippen molar-refractivity contribution in [2.24, 2.45) is 0 Å². The van der Waals surface area contributed by atoms with Gasteiger partial charge in [0.25, 0.3) is 0 Å². The Bertz CT molecular complexity index is 1220. The highest BCUT2D eigenvalue weighted by Crippen LogP contribution is 2.43. The minimum Gasteiger partial charge on any atom is -0.462 e. The summed E-state index contributed by atoms with van der Waals surface area (Å²) < 4.78 is 32.6. The molecule has 0 aromatic rings. The van der Waals surface area contributed by atoms with E-state index in [-0.39, 0.29) is 19.4 Å². The second-order valence-electron chi connectivity index (χ2n) is 14.0. The van der Waals surface area contributed by atoms with E-state index in [2.05, 4.69) is 79.1 Å². The number of ether oxygens (including phenoxy) is 2. The SMILES string of the molecule is CC/C=C/C=C/C=C/CCCCCCCC(=O)OC(COC(=O)CCCCCCC/C=C/C/C=C/C/C=C/C/C=C/CCCCC)COP(=O)(O)OC[C@H](O)CO. The number of rotatable bonds is 39. The molecule has 3 N–H and O–H groups in total. The van der Waals surface area contributed by atoms with E-state index in [0.717, 1.165) is 89.9 Å². The van der Waals surface area contributed by atoms with Crippen molar-refractivity contribution in [3.05, 3.63) is 85.1 Å². The second-order valence-corrected chi connectivity index (χ2v) is 15.5. The maximum atomic E-state index is 12.6. The lowest BCUT2D eigenvalue weighted by atomic mass is 10.1. The van der Waals surface area contributed by atoms with Crippen LogP contribution in [0.2, 0.25) is 0 Å². The summed E-state index contributed by atoms with van der Waals surface area (Å²) in [7, 11) is -4.63.